The van der Waals surface area contributed by atoms with Crippen LogP contribution < -0.4 is 0 Å². The smallest absolute Gasteiger partial charge is 0.191 e. The molecule has 0 saturated carbocycles. The van der Waals surface area contributed by atoms with Crippen molar-refractivity contribution in [2.24, 2.45) is 0 Å². The highest BCUT2D eigenvalue weighted by atomic mass is 79.9. The van der Waals surface area contributed by atoms with Crippen LogP contribution in [0.25, 0.3) is 0 Å². The molecule has 0 radical (unpaired) electrons. The van der Waals surface area contributed by atoms with Crippen LogP contribution in [0.15, 0.2) is 24.3 Å². The first-order valence-corrected chi connectivity index (χ1v) is 7.20. The number of Topliss-reactive ketones (excluding diaryl/α,β-unsaturated/α-hetero) is 1. The van der Waals surface area contributed by atoms with Crippen LogP contribution in [0.5, 0.6) is 0 Å². The van der Waals surface area contributed by atoms with Crippen molar-refractivity contribution < 1.29 is 13.2 Å². The summed E-state index contributed by atoms with van der Waals surface area (Å²) in [6.45, 7) is 0. The molecule has 82 valence electrons. The van der Waals surface area contributed by atoms with Crippen molar-refractivity contribution in [1.82, 2.24) is 0 Å². The fourth-order valence-corrected chi connectivity index (χ4v) is 1.95. The van der Waals surface area contributed by atoms with Crippen LogP contribution in [0, 0.1) is 0 Å². The number of hydrogen-bond acceptors (Lipinski definition) is 3. The van der Waals surface area contributed by atoms with E-state index in [0.717, 1.165) is 6.26 Å². The van der Waals surface area contributed by atoms with Gasteiger partial charge in [-0.15, -0.1) is 0 Å². The third kappa shape index (κ3) is 3.29. The monoisotopic (exact) mass is 310 g/mol. The number of alkyl halides is 1. The predicted octanol–water partition coefficient (Wildman–Crippen LogP) is 2.29. The van der Waals surface area contributed by atoms with Crippen molar-refractivity contribution in [3.05, 3.63) is 34.9 Å². The summed E-state index contributed by atoms with van der Waals surface area (Å²) in [4.78, 5) is 11.7. The van der Waals surface area contributed by atoms with E-state index in [2.05, 4.69) is 15.9 Å². The molecule has 0 spiro atoms. The molecule has 0 N–H and O–H groups in total. The number of carbonyl (C=O) groups excluding carboxylic acids is 1. The van der Waals surface area contributed by atoms with Crippen LogP contribution in [-0.2, 0) is 9.84 Å². The summed E-state index contributed by atoms with van der Waals surface area (Å²) in [6.07, 6.45) is 0.995. The first kappa shape index (κ1) is 12.7. The van der Waals surface area contributed by atoms with E-state index in [1.807, 2.05) is 0 Å². The minimum Gasteiger partial charge on any atom is -0.292 e. The molecule has 1 atom stereocenters. The minimum absolute atomic E-state index is 0.273. The van der Waals surface area contributed by atoms with Crippen LogP contribution in [0.2, 0.25) is 5.02 Å². The molecule has 1 rings (SSSR count). The standard InChI is InChI=1S/C9H8BrClO3S/c1-15(13,14)9(10)8(12)6-3-2-4-7(11)5-6/h2-5,9H,1H3/t9-/m0/s1. The lowest BCUT2D eigenvalue weighted by Gasteiger charge is -2.06. The van der Waals surface area contributed by atoms with Crippen molar-refractivity contribution in [2.75, 3.05) is 6.26 Å². The second kappa shape index (κ2) is 4.63. The van der Waals surface area contributed by atoms with Gasteiger partial charge in [-0.2, -0.15) is 0 Å². The van der Waals surface area contributed by atoms with Gasteiger partial charge in [0.05, 0.1) is 0 Å². The SMILES string of the molecule is CS(=O)(=O)[C@H](Br)C(=O)c1cccc(Cl)c1. The van der Waals surface area contributed by atoms with Crippen LogP contribution in [0.3, 0.4) is 0 Å². The highest BCUT2D eigenvalue weighted by molar-refractivity contribution is 9.11. The molecule has 1 aromatic carbocycles. The molecule has 0 bridgehead atoms. The Morgan fingerprint density at radius 1 is 1.47 bits per heavy atom. The number of ketones is 1. The summed E-state index contributed by atoms with van der Waals surface area (Å²) < 4.78 is 21.0. The summed E-state index contributed by atoms with van der Waals surface area (Å²) in [5.74, 6) is -0.514. The van der Waals surface area contributed by atoms with Crippen LogP contribution >= 0.6 is 27.5 Å². The molecule has 0 unspecified atom stereocenters. The zero-order valence-electron chi connectivity index (χ0n) is 7.78. The maximum atomic E-state index is 11.7. The van der Waals surface area contributed by atoms with Gasteiger partial charge in [-0.1, -0.05) is 39.7 Å². The summed E-state index contributed by atoms with van der Waals surface area (Å²) in [5.41, 5.74) is 0.273. The topological polar surface area (TPSA) is 51.2 Å². The molecule has 3 nitrogen and oxygen atoms in total. The first-order valence-electron chi connectivity index (χ1n) is 3.95. The van der Waals surface area contributed by atoms with E-state index in [0.29, 0.717) is 5.02 Å². The lowest BCUT2D eigenvalue weighted by molar-refractivity contribution is 0.101. The van der Waals surface area contributed by atoms with Gasteiger partial charge in [0.25, 0.3) is 0 Å². The number of carbonyl (C=O) groups is 1. The number of halogens is 2. The maximum Gasteiger partial charge on any atom is 0.191 e. The molecule has 0 heterocycles. The lowest BCUT2D eigenvalue weighted by Crippen LogP contribution is -2.23. The molecule has 0 aliphatic carbocycles. The van der Waals surface area contributed by atoms with E-state index >= 15 is 0 Å². The highest BCUT2D eigenvalue weighted by Crippen LogP contribution is 2.18. The summed E-state index contributed by atoms with van der Waals surface area (Å²) in [5, 5.41) is 0.397. The van der Waals surface area contributed by atoms with Crippen molar-refractivity contribution in [1.29, 1.82) is 0 Å². The summed E-state index contributed by atoms with van der Waals surface area (Å²) >= 11 is 8.54. The van der Waals surface area contributed by atoms with Gasteiger partial charge in [0.15, 0.2) is 19.8 Å². The van der Waals surface area contributed by atoms with Crippen LogP contribution in [0.1, 0.15) is 10.4 Å². The van der Waals surface area contributed by atoms with E-state index in [4.69, 9.17) is 11.6 Å². The quantitative estimate of drug-likeness (QED) is 0.636. The molecular weight excluding hydrogens is 304 g/mol. The fourth-order valence-electron chi connectivity index (χ4n) is 0.967. The Morgan fingerprint density at radius 2 is 2.07 bits per heavy atom. The summed E-state index contributed by atoms with van der Waals surface area (Å²) in [7, 11) is -3.44. The van der Waals surface area contributed by atoms with Gasteiger partial charge >= 0.3 is 0 Å². The zero-order valence-corrected chi connectivity index (χ0v) is 10.9. The molecule has 1 aromatic rings. The first-order chi connectivity index (χ1) is 6.82. The van der Waals surface area contributed by atoms with Gasteiger partial charge < -0.3 is 0 Å². The maximum absolute atomic E-state index is 11.7. The van der Waals surface area contributed by atoms with E-state index in [1.165, 1.54) is 12.1 Å². The Morgan fingerprint density at radius 3 is 2.53 bits per heavy atom. The van der Waals surface area contributed by atoms with E-state index in [9.17, 15) is 13.2 Å². The third-order valence-electron chi connectivity index (χ3n) is 1.69. The van der Waals surface area contributed by atoms with Crippen molar-refractivity contribution in [2.45, 2.75) is 4.16 Å². The molecule has 0 saturated heterocycles. The van der Waals surface area contributed by atoms with E-state index < -0.39 is 19.8 Å². The Labute approximate surface area is 101 Å². The largest absolute Gasteiger partial charge is 0.292 e. The average Bonchev–Trinajstić information content (AvgIpc) is 2.14. The number of rotatable bonds is 3. The van der Waals surface area contributed by atoms with Crippen molar-refractivity contribution >= 4 is 43.2 Å². The molecule has 6 heteroatoms. The predicted molar refractivity (Wildman–Crippen MR) is 63.3 cm³/mol. The summed E-state index contributed by atoms with van der Waals surface area (Å²) in [6, 6.07) is 6.16. The second-order valence-corrected chi connectivity index (χ2v) is 7.11. The zero-order chi connectivity index (χ0) is 11.6. The molecule has 0 aliphatic heterocycles. The fraction of sp³-hybridized carbons (Fsp3) is 0.222. The number of hydrogen-bond donors (Lipinski definition) is 0. The molecular formula is C9H8BrClO3S. The minimum atomic E-state index is -3.44. The van der Waals surface area contributed by atoms with Gasteiger partial charge in [0, 0.05) is 16.8 Å². The van der Waals surface area contributed by atoms with Gasteiger partial charge in [0.2, 0.25) is 0 Å². The second-order valence-electron chi connectivity index (χ2n) is 3.02. The van der Waals surface area contributed by atoms with Gasteiger partial charge in [-0.3, -0.25) is 4.79 Å². The number of sulfone groups is 1. The normalized spacial score (nSPS) is 13.5. The van der Waals surface area contributed by atoms with E-state index in [-0.39, 0.29) is 5.56 Å². The number of benzene rings is 1. The van der Waals surface area contributed by atoms with Gasteiger partial charge in [0.1, 0.15) is 0 Å². The molecule has 0 aromatic heterocycles. The highest BCUT2D eigenvalue weighted by Gasteiger charge is 2.26. The average molecular weight is 312 g/mol. The Bertz CT molecular complexity index is 484. The van der Waals surface area contributed by atoms with Crippen molar-refractivity contribution in [3.63, 3.8) is 0 Å². The molecule has 15 heavy (non-hydrogen) atoms. The molecule has 0 aliphatic rings. The van der Waals surface area contributed by atoms with Crippen LogP contribution in [-0.4, -0.2) is 24.6 Å². The Kier molecular flexibility index (Phi) is 3.92. The Balaban J connectivity index is 3.06. The van der Waals surface area contributed by atoms with Gasteiger partial charge in [-0.05, 0) is 12.1 Å². The third-order valence-corrected chi connectivity index (χ3v) is 5.35. The van der Waals surface area contributed by atoms with Gasteiger partial charge in [-0.25, -0.2) is 8.42 Å². The lowest BCUT2D eigenvalue weighted by atomic mass is 10.1. The van der Waals surface area contributed by atoms with Crippen molar-refractivity contribution in [3.8, 4) is 0 Å². The Hall–Kier alpha value is -0.390. The van der Waals surface area contributed by atoms with Crippen LogP contribution in [0.4, 0.5) is 0 Å². The van der Waals surface area contributed by atoms with E-state index in [1.54, 1.807) is 12.1 Å². The molecule has 0 fully saturated rings. The molecule has 0 amide bonds.